The summed E-state index contributed by atoms with van der Waals surface area (Å²) < 4.78 is 0. The van der Waals surface area contributed by atoms with E-state index in [0.29, 0.717) is 30.1 Å². The zero-order chi connectivity index (χ0) is 13.0. The molecule has 0 radical (unpaired) electrons. The summed E-state index contributed by atoms with van der Waals surface area (Å²) in [7, 11) is 0. The number of likely N-dealkylation sites (tertiary alicyclic amines) is 1. The standard InChI is InChI=1S/C12H15N3O2S/c13-7-9-3-6-18-12(9)14-11(17)2-5-15-4-1-10(16)8-15/h3,6,10,16H,1-2,4-5,8H2,(H,14,17)/t10-/m0/s1. The van der Waals surface area contributed by atoms with Gasteiger partial charge in [-0.3, -0.25) is 4.79 Å². The summed E-state index contributed by atoms with van der Waals surface area (Å²) in [5.41, 5.74) is 0.505. The third-order valence-electron chi connectivity index (χ3n) is 2.94. The topological polar surface area (TPSA) is 76.4 Å². The second-order valence-electron chi connectivity index (χ2n) is 4.32. The molecule has 1 saturated heterocycles. The van der Waals surface area contributed by atoms with Crippen LogP contribution in [-0.4, -0.2) is 41.7 Å². The number of β-amino-alcohol motifs (C(OH)–C–C–N with tert-alkyl or cyclic N) is 1. The van der Waals surface area contributed by atoms with Crippen LogP contribution in [0.3, 0.4) is 0 Å². The number of hydrogen-bond acceptors (Lipinski definition) is 5. The average Bonchev–Trinajstić information content (AvgIpc) is 2.95. The Morgan fingerprint density at radius 3 is 3.22 bits per heavy atom. The molecule has 2 heterocycles. The van der Waals surface area contributed by atoms with Crippen LogP contribution in [0.25, 0.3) is 0 Å². The van der Waals surface area contributed by atoms with Crippen LogP contribution in [0.5, 0.6) is 0 Å². The Morgan fingerprint density at radius 2 is 2.56 bits per heavy atom. The van der Waals surface area contributed by atoms with Crippen molar-refractivity contribution in [1.82, 2.24) is 4.90 Å². The van der Waals surface area contributed by atoms with Crippen LogP contribution < -0.4 is 5.32 Å². The highest BCUT2D eigenvalue weighted by Crippen LogP contribution is 2.22. The monoisotopic (exact) mass is 265 g/mol. The zero-order valence-electron chi connectivity index (χ0n) is 9.93. The molecule has 1 amide bonds. The fourth-order valence-electron chi connectivity index (χ4n) is 1.96. The number of thiophene rings is 1. The first-order valence-corrected chi connectivity index (χ1v) is 6.75. The Labute approximate surface area is 110 Å². The first-order valence-electron chi connectivity index (χ1n) is 5.87. The molecule has 1 atom stereocenters. The Balaban J connectivity index is 1.77. The number of carbonyl (C=O) groups excluding carboxylic acids is 1. The maximum atomic E-state index is 11.7. The van der Waals surface area contributed by atoms with Crippen LogP contribution in [0.4, 0.5) is 5.00 Å². The summed E-state index contributed by atoms with van der Waals surface area (Å²) in [5, 5.41) is 23.3. The largest absolute Gasteiger partial charge is 0.392 e. The van der Waals surface area contributed by atoms with Gasteiger partial charge in [0.2, 0.25) is 5.91 Å². The number of aliphatic hydroxyl groups excluding tert-OH is 1. The minimum absolute atomic E-state index is 0.0876. The van der Waals surface area contributed by atoms with Crippen molar-refractivity contribution >= 4 is 22.2 Å². The molecule has 2 rings (SSSR count). The van der Waals surface area contributed by atoms with Gasteiger partial charge < -0.3 is 15.3 Å². The van der Waals surface area contributed by atoms with Gasteiger partial charge in [-0.15, -0.1) is 11.3 Å². The third-order valence-corrected chi connectivity index (χ3v) is 3.77. The third kappa shape index (κ3) is 3.29. The van der Waals surface area contributed by atoms with Gasteiger partial charge in [-0.2, -0.15) is 5.26 Å². The highest BCUT2D eigenvalue weighted by molar-refractivity contribution is 7.14. The van der Waals surface area contributed by atoms with Crippen LogP contribution >= 0.6 is 11.3 Å². The van der Waals surface area contributed by atoms with Crippen molar-refractivity contribution in [1.29, 1.82) is 5.26 Å². The lowest BCUT2D eigenvalue weighted by Gasteiger charge is -2.13. The maximum absolute atomic E-state index is 11.7. The second kappa shape index (κ2) is 5.96. The van der Waals surface area contributed by atoms with Crippen molar-refractivity contribution in [3.63, 3.8) is 0 Å². The highest BCUT2D eigenvalue weighted by atomic mass is 32.1. The van der Waals surface area contributed by atoms with Gasteiger partial charge in [0.05, 0.1) is 11.7 Å². The van der Waals surface area contributed by atoms with E-state index in [1.165, 1.54) is 11.3 Å². The van der Waals surface area contributed by atoms with Gasteiger partial charge in [0, 0.05) is 26.1 Å². The lowest BCUT2D eigenvalue weighted by Crippen LogP contribution is -2.26. The van der Waals surface area contributed by atoms with E-state index in [9.17, 15) is 9.90 Å². The van der Waals surface area contributed by atoms with E-state index < -0.39 is 0 Å². The van der Waals surface area contributed by atoms with Gasteiger partial charge in [0.25, 0.3) is 0 Å². The molecule has 1 fully saturated rings. The Kier molecular flexibility index (Phi) is 4.31. The van der Waals surface area contributed by atoms with Gasteiger partial charge in [-0.25, -0.2) is 0 Å². The van der Waals surface area contributed by atoms with E-state index in [1.807, 2.05) is 6.07 Å². The quantitative estimate of drug-likeness (QED) is 0.852. The van der Waals surface area contributed by atoms with Crippen molar-refractivity contribution in [3.8, 4) is 6.07 Å². The average molecular weight is 265 g/mol. The molecule has 1 aromatic heterocycles. The molecule has 1 aliphatic rings. The normalized spacial score (nSPS) is 19.7. The van der Waals surface area contributed by atoms with E-state index in [-0.39, 0.29) is 12.0 Å². The van der Waals surface area contributed by atoms with E-state index in [1.54, 1.807) is 11.4 Å². The summed E-state index contributed by atoms with van der Waals surface area (Å²) in [6.07, 6.45) is 0.913. The van der Waals surface area contributed by atoms with Crippen LogP contribution in [0.2, 0.25) is 0 Å². The molecule has 1 aromatic rings. The number of nitriles is 1. The predicted octanol–water partition coefficient (Wildman–Crippen LogP) is 1.01. The highest BCUT2D eigenvalue weighted by Gasteiger charge is 2.20. The molecular formula is C12H15N3O2S. The molecule has 0 bridgehead atoms. The number of aliphatic hydroxyl groups is 1. The van der Waals surface area contributed by atoms with Crippen LogP contribution in [-0.2, 0) is 4.79 Å². The number of rotatable bonds is 4. The van der Waals surface area contributed by atoms with Crippen LogP contribution in [0.1, 0.15) is 18.4 Å². The first kappa shape index (κ1) is 13.0. The molecule has 18 heavy (non-hydrogen) atoms. The zero-order valence-corrected chi connectivity index (χ0v) is 10.7. The Morgan fingerprint density at radius 1 is 1.72 bits per heavy atom. The molecule has 5 nitrogen and oxygen atoms in total. The molecule has 0 saturated carbocycles. The van der Waals surface area contributed by atoms with Crippen molar-refractivity contribution in [2.45, 2.75) is 18.9 Å². The predicted molar refractivity (Wildman–Crippen MR) is 69.3 cm³/mol. The first-order chi connectivity index (χ1) is 8.69. The molecule has 2 N–H and O–H groups in total. The molecule has 6 heteroatoms. The van der Waals surface area contributed by atoms with Crippen LogP contribution in [0.15, 0.2) is 11.4 Å². The van der Waals surface area contributed by atoms with E-state index in [2.05, 4.69) is 10.2 Å². The number of carbonyl (C=O) groups is 1. The van der Waals surface area contributed by atoms with Crippen LogP contribution in [0, 0.1) is 11.3 Å². The SMILES string of the molecule is N#Cc1ccsc1NC(=O)CCN1CC[C@H](O)C1. The van der Waals surface area contributed by atoms with E-state index in [0.717, 1.165) is 13.0 Å². The fourth-order valence-corrected chi connectivity index (χ4v) is 2.71. The van der Waals surface area contributed by atoms with Gasteiger partial charge >= 0.3 is 0 Å². The van der Waals surface area contributed by atoms with E-state index in [4.69, 9.17) is 5.26 Å². The molecule has 0 aliphatic carbocycles. The van der Waals surface area contributed by atoms with Crippen molar-refractivity contribution in [2.24, 2.45) is 0 Å². The molecule has 0 unspecified atom stereocenters. The smallest absolute Gasteiger partial charge is 0.226 e. The summed E-state index contributed by atoms with van der Waals surface area (Å²) >= 11 is 1.35. The number of hydrogen-bond donors (Lipinski definition) is 2. The number of amides is 1. The second-order valence-corrected chi connectivity index (χ2v) is 5.23. The lowest BCUT2D eigenvalue weighted by molar-refractivity contribution is -0.116. The minimum Gasteiger partial charge on any atom is -0.392 e. The molecule has 0 aromatic carbocycles. The lowest BCUT2D eigenvalue weighted by atomic mass is 10.3. The summed E-state index contributed by atoms with van der Waals surface area (Å²) in [5.74, 6) is -0.0876. The summed E-state index contributed by atoms with van der Waals surface area (Å²) in [4.78, 5) is 13.8. The summed E-state index contributed by atoms with van der Waals surface area (Å²) in [6, 6.07) is 3.73. The maximum Gasteiger partial charge on any atom is 0.226 e. The van der Waals surface area contributed by atoms with E-state index >= 15 is 0 Å². The van der Waals surface area contributed by atoms with Crippen molar-refractivity contribution in [2.75, 3.05) is 25.0 Å². The molecular weight excluding hydrogens is 250 g/mol. The van der Waals surface area contributed by atoms with Gasteiger partial charge in [0.15, 0.2) is 0 Å². The Bertz CT molecular complexity index is 466. The molecule has 1 aliphatic heterocycles. The summed E-state index contributed by atoms with van der Waals surface area (Å²) in [6.45, 7) is 2.14. The fraction of sp³-hybridized carbons (Fsp3) is 0.500. The van der Waals surface area contributed by atoms with Gasteiger partial charge in [-0.1, -0.05) is 0 Å². The number of nitrogens with one attached hydrogen (secondary N) is 1. The number of nitrogens with zero attached hydrogens (tertiary/aromatic N) is 2. The van der Waals surface area contributed by atoms with Gasteiger partial charge in [0.1, 0.15) is 11.1 Å². The number of anilines is 1. The van der Waals surface area contributed by atoms with Gasteiger partial charge in [-0.05, 0) is 17.9 Å². The van der Waals surface area contributed by atoms with Crippen molar-refractivity contribution < 1.29 is 9.90 Å². The Hall–Kier alpha value is -1.42. The minimum atomic E-state index is -0.254. The van der Waals surface area contributed by atoms with Crippen molar-refractivity contribution in [3.05, 3.63) is 17.0 Å². The molecule has 0 spiro atoms. The molecule has 96 valence electrons.